The molecule has 1 N–H and O–H groups in total. The normalized spacial score (nSPS) is 18.2. The lowest BCUT2D eigenvalue weighted by Gasteiger charge is -2.47. The van der Waals surface area contributed by atoms with E-state index in [1.54, 1.807) is 11.3 Å². The van der Waals surface area contributed by atoms with Crippen molar-refractivity contribution in [3.63, 3.8) is 0 Å². The number of nitrogens with zero attached hydrogens (tertiary/aromatic N) is 2. The largest absolute Gasteiger partial charge is 0.480 e. The molecule has 1 aliphatic rings. The molecule has 6 heteroatoms. The monoisotopic (exact) mass is 284 g/mol. The molecule has 5 nitrogen and oxygen atoms in total. The van der Waals surface area contributed by atoms with Gasteiger partial charge in [-0.05, 0) is 19.8 Å². The predicted octanol–water partition coefficient (Wildman–Crippen LogP) is 1.77. The molecule has 0 unspecified atom stereocenters. The first-order valence-corrected chi connectivity index (χ1v) is 7.40. The van der Waals surface area contributed by atoms with Crippen LogP contribution in [0.2, 0.25) is 0 Å². The number of hydrogen-bond acceptors (Lipinski definition) is 5. The van der Waals surface area contributed by atoms with Crippen LogP contribution in [0.15, 0.2) is 5.38 Å². The molecular formula is C13H20N2O3S. The summed E-state index contributed by atoms with van der Waals surface area (Å²) in [6.45, 7) is 6.24. The third-order valence-electron chi connectivity index (χ3n) is 3.11. The zero-order valence-electron chi connectivity index (χ0n) is 11.4. The molecule has 0 spiro atoms. The quantitative estimate of drug-likeness (QED) is 0.827. The minimum atomic E-state index is -0.914. The van der Waals surface area contributed by atoms with E-state index in [1.807, 2.05) is 6.92 Å². The molecule has 0 bridgehead atoms. The molecule has 0 aromatic carbocycles. The Balaban J connectivity index is 1.75. The van der Waals surface area contributed by atoms with E-state index in [9.17, 15) is 4.79 Å². The number of ether oxygens (including phenoxy) is 1. The highest BCUT2D eigenvalue weighted by molar-refractivity contribution is 7.09. The molecule has 0 amide bonds. The summed E-state index contributed by atoms with van der Waals surface area (Å²) in [6, 6.07) is 0. The Labute approximate surface area is 117 Å². The smallest absolute Gasteiger partial charge is 0.329 e. The number of rotatable bonds is 7. The molecule has 19 heavy (non-hydrogen) atoms. The molecule has 2 heterocycles. The second-order valence-corrected chi connectivity index (χ2v) is 6.20. The summed E-state index contributed by atoms with van der Waals surface area (Å²) in [7, 11) is 0. The van der Waals surface area contributed by atoms with Crippen molar-refractivity contribution in [1.82, 2.24) is 9.88 Å². The summed E-state index contributed by atoms with van der Waals surface area (Å²) in [4.78, 5) is 17.3. The molecule has 1 saturated heterocycles. The second-order valence-electron chi connectivity index (χ2n) is 5.26. The van der Waals surface area contributed by atoms with Crippen molar-refractivity contribution in [3.05, 3.63) is 16.1 Å². The molecule has 0 atom stereocenters. The summed E-state index contributed by atoms with van der Waals surface area (Å²) in [5.41, 5.74) is 0.787. The molecule has 1 aromatic rings. The van der Waals surface area contributed by atoms with Crippen LogP contribution in [0.3, 0.4) is 0 Å². The van der Waals surface area contributed by atoms with Gasteiger partial charge in [0.25, 0.3) is 0 Å². The minimum Gasteiger partial charge on any atom is -0.480 e. The van der Waals surface area contributed by atoms with E-state index in [4.69, 9.17) is 9.84 Å². The van der Waals surface area contributed by atoms with E-state index >= 15 is 0 Å². The van der Waals surface area contributed by atoms with Crippen LogP contribution in [0.25, 0.3) is 0 Å². The Morgan fingerprint density at radius 2 is 2.37 bits per heavy atom. The van der Waals surface area contributed by atoms with Gasteiger partial charge < -0.3 is 9.84 Å². The summed E-state index contributed by atoms with van der Waals surface area (Å²) < 4.78 is 5.38. The van der Waals surface area contributed by atoms with Gasteiger partial charge >= 0.3 is 5.97 Å². The molecule has 1 aliphatic heterocycles. The number of aromatic nitrogens is 1. The van der Waals surface area contributed by atoms with Crippen molar-refractivity contribution in [2.75, 3.05) is 19.7 Å². The van der Waals surface area contributed by atoms with Crippen molar-refractivity contribution < 1.29 is 14.6 Å². The number of aryl methyl sites for hydroxylation is 1. The van der Waals surface area contributed by atoms with Crippen molar-refractivity contribution >= 4 is 17.3 Å². The average Bonchev–Trinajstić information content (AvgIpc) is 2.73. The lowest BCUT2D eigenvalue weighted by molar-refractivity contribution is -0.165. The van der Waals surface area contributed by atoms with Gasteiger partial charge in [0.15, 0.2) is 0 Å². The van der Waals surface area contributed by atoms with Gasteiger partial charge in [0.1, 0.15) is 6.61 Å². The molecule has 106 valence electrons. The standard InChI is InChI=1S/C13H20N2O3S/c1-3-4-11-14-10(7-19-11)5-15-8-13(2,9-15)18-6-12(16)17/h7H,3-6,8-9H2,1-2H3,(H,16,17). The van der Waals surface area contributed by atoms with Gasteiger partial charge in [0, 0.05) is 25.0 Å². The van der Waals surface area contributed by atoms with Crippen molar-refractivity contribution in [3.8, 4) is 0 Å². The summed E-state index contributed by atoms with van der Waals surface area (Å²) in [5, 5.41) is 11.9. The summed E-state index contributed by atoms with van der Waals surface area (Å²) in [5.74, 6) is -0.914. The van der Waals surface area contributed by atoms with Gasteiger partial charge in [-0.1, -0.05) is 6.92 Å². The van der Waals surface area contributed by atoms with E-state index in [2.05, 4.69) is 22.2 Å². The topological polar surface area (TPSA) is 62.7 Å². The molecule has 1 aromatic heterocycles. The molecule has 0 saturated carbocycles. The van der Waals surface area contributed by atoms with Crippen LogP contribution >= 0.6 is 11.3 Å². The fourth-order valence-corrected chi connectivity index (χ4v) is 3.21. The van der Waals surface area contributed by atoms with Crippen LogP contribution in [-0.4, -0.2) is 46.3 Å². The number of carboxylic acid groups (broad SMARTS) is 1. The van der Waals surface area contributed by atoms with E-state index in [-0.39, 0.29) is 12.2 Å². The van der Waals surface area contributed by atoms with Gasteiger partial charge in [-0.3, -0.25) is 4.90 Å². The van der Waals surface area contributed by atoms with Crippen LogP contribution in [0.4, 0.5) is 0 Å². The zero-order valence-corrected chi connectivity index (χ0v) is 12.2. The van der Waals surface area contributed by atoms with Crippen LogP contribution in [0.1, 0.15) is 31.0 Å². The third kappa shape index (κ3) is 3.99. The summed E-state index contributed by atoms with van der Waals surface area (Å²) in [6.07, 6.45) is 2.17. The first-order valence-electron chi connectivity index (χ1n) is 6.52. The Bertz CT molecular complexity index is 441. The molecular weight excluding hydrogens is 264 g/mol. The fourth-order valence-electron chi connectivity index (χ4n) is 2.32. The van der Waals surface area contributed by atoms with Crippen LogP contribution in [-0.2, 0) is 22.5 Å². The third-order valence-corrected chi connectivity index (χ3v) is 4.07. The maximum Gasteiger partial charge on any atom is 0.329 e. The maximum atomic E-state index is 10.5. The van der Waals surface area contributed by atoms with E-state index in [0.717, 1.165) is 38.2 Å². The summed E-state index contributed by atoms with van der Waals surface area (Å²) >= 11 is 1.72. The van der Waals surface area contributed by atoms with E-state index in [1.165, 1.54) is 5.01 Å². The van der Waals surface area contributed by atoms with Crippen LogP contribution < -0.4 is 0 Å². The van der Waals surface area contributed by atoms with Crippen molar-refractivity contribution in [2.45, 2.75) is 38.8 Å². The molecule has 1 fully saturated rings. The van der Waals surface area contributed by atoms with Gasteiger partial charge in [0.05, 0.1) is 16.3 Å². The highest BCUT2D eigenvalue weighted by Crippen LogP contribution is 2.26. The lowest BCUT2D eigenvalue weighted by atomic mass is 9.96. The number of thiazole rings is 1. The van der Waals surface area contributed by atoms with Crippen molar-refractivity contribution in [1.29, 1.82) is 0 Å². The van der Waals surface area contributed by atoms with Crippen LogP contribution in [0, 0.1) is 0 Å². The Morgan fingerprint density at radius 3 is 3.00 bits per heavy atom. The van der Waals surface area contributed by atoms with Gasteiger partial charge in [-0.25, -0.2) is 9.78 Å². The predicted molar refractivity (Wildman–Crippen MR) is 73.4 cm³/mol. The Hall–Kier alpha value is -0.980. The fraction of sp³-hybridized carbons (Fsp3) is 0.692. The highest BCUT2D eigenvalue weighted by Gasteiger charge is 2.40. The molecule has 2 rings (SSSR count). The van der Waals surface area contributed by atoms with Crippen molar-refractivity contribution in [2.24, 2.45) is 0 Å². The Morgan fingerprint density at radius 1 is 1.63 bits per heavy atom. The first-order chi connectivity index (χ1) is 9.00. The number of hydrogen-bond donors (Lipinski definition) is 1. The minimum absolute atomic E-state index is 0.221. The number of carbonyl (C=O) groups is 1. The second kappa shape index (κ2) is 5.98. The number of likely N-dealkylation sites (tertiary alicyclic amines) is 1. The van der Waals surface area contributed by atoms with Gasteiger partial charge in [0.2, 0.25) is 0 Å². The molecule has 0 radical (unpaired) electrons. The van der Waals surface area contributed by atoms with Gasteiger partial charge in [-0.2, -0.15) is 0 Å². The number of carboxylic acids is 1. The average molecular weight is 284 g/mol. The Kier molecular flexibility index (Phi) is 4.54. The zero-order chi connectivity index (χ0) is 13.9. The number of aliphatic carboxylic acids is 1. The van der Waals surface area contributed by atoms with Crippen LogP contribution in [0.5, 0.6) is 0 Å². The highest BCUT2D eigenvalue weighted by atomic mass is 32.1. The lowest BCUT2D eigenvalue weighted by Crippen LogP contribution is -2.61. The first kappa shape index (κ1) is 14.4. The van der Waals surface area contributed by atoms with Gasteiger partial charge in [-0.15, -0.1) is 11.3 Å². The SMILES string of the molecule is CCCc1nc(CN2CC(C)(OCC(=O)O)C2)cs1. The van der Waals surface area contributed by atoms with E-state index < -0.39 is 5.97 Å². The molecule has 0 aliphatic carbocycles. The maximum absolute atomic E-state index is 10.5. The van der Waals surface area contributed by atoms with E-state index in [0.29, 0.717) is 0 Å².